The van der Waals surface area contributed by atoms with E-state index in [1.54, 1.807) is 18.3 Å². The van der Waals surface area contributed by atoms with Gasteiger partial charge in [-0.1, -0.05) is 17.7 Å². The molecule has 1 aromatic carbocycles. The van der Waals surface area contributed by atoms with Gasteiger partial charge < -0.3 is 5.11 Å². The molecule has 0 spiro atoms. The second-order valence-electron chi connectivity index (χ2n) is 3.60. The standard InChI is InChI=1S/C12H7Br2ClFNO/c13-7-3-6(4-17-5-7)12(18)8-1-2-9(14)10(15)11(8)16/h1-5,12,18H. The Kier molecular flexibility index (Phi) is 4.37. The van der Waals surface area contributed by atoms with Crippen LogP contribution in [0.2, 0.25) is 5.02 Å². The highest BCUT2D eigenvalue weighted by molar-refractivity contribution is 9.10. The molecule has 0 bridgehead atoms. The van der Waals surface area contributed by atoms with Crippen LogP contribution in [0, 0.1) is 5.82 Å². The van der Waals surface area contributed by atoms with Crippen LogP contribution >= 0.6 is 43.5 Å². The Hall–Kier alpha value is -0.490. The van der Waals surface area contributed by atoms with Gasteiger partial charge in [-0.05, 0) is 44.0 Å². The average Bonchev–Trinajstić information content (AvgIpc) is 2.35. The summed E-state index contributed by atoms with van der Waals surface area (Å²) >= 11 is 12.2. The van der Waals surface area contributed by atoms with Gasteiger partial charge in [0.05, 0.1) is 5.02 Å². The SMILES string of the molecule is OC(c1cncc(Br)c1)c1ccc(Br)c(Cl)c1F. The molecule has 1 N–H and O–H groups in total. The van der Waals surface area contributed by atoms with Crippen molar-refractivity contribution < 1.29 is 9.50 Å². The quantitative estimate of drug-likeness (QED) is 0.761. The molecular weight excluding hydrogens is 388 g/mol. The van der Waals surface area contributed by atoms with Crippen molar-refractivity contribution in [3.63, 3.8) is 0 Å². The van der Waals surface area contributed by atoms with Crippen LogP contribution in [0.5, 0.6) is 0 Å². The van der Waals surface area contributed by atoms with Gasteiger partial charge in [-0.3, -0.25) is 4.98 Å². The number of aliphatic hydroxyl groups is 1. The van der Waals surface area contributed by atoms with E-state index in [0.29, 0.717) is 14.5 Å². The number of aliphatic hydroxyl groups excluding tert-OH is 1. The molecule has 18 heavy (non-hydrogen) atoms. The van der Waals surface area contributed by atoms with Crippen LogP contribution in [0.3, 0.4) is 0 Å². The molecule has 0 amide bonds. The molecule has 0 radical (unpaired) electrons. The van der Waals surface area contributed by atoms with Gasteiger partial charge in [0.25, 0.3) is 0 Å². The highest BCUT2D eigenvalue weighted by Gasteiger charge is 2.19. The lowest BCUT2D eigenvalue weighted by atomic mass is 10.0. The Labute approximate surface area is 125 Å². The smallest absolute Gasteiger partial charge is 0.149 e. The van der Waals surface area contributed by atoms with Gasteiger partial charge in [-0.25, -0.2) is 4.39 Å². The van der Waals surface area contributed by atoms with Crippen LogP contribution in [0.1, 0.15) is 17.2 Å². The van der Waals surface area contributed by atoms with E-state index < -0.39 is 11.9 Å². The first-order valence-corrected chi connectivity index (χ1v) is 6.89. The summed E-state index contributed by atoms with van der Waals surface area (Å²) in [6, 6.07) is 4.75. The van der Waals surface area contributed by atoms with Crippen molar-refractivity contribution in [2.75, 3.05) is 0 Å². The number of benzene rings is 1. The van der Waals surface area contributed by atoms with Gasteiger partial charge >= 0.3 is 0 Å². The molecule has 2 aromatic rings. The highest BCUT2D eigenvalue weighted by Crippen LogP contribution is 2.33. The van der Waals surface area contributed by atoms with E-state index in [0.717, 1.165) is 0 Å². The van der Waals surface area contributed by atoms with Crippen LogP contribution in [-0.4, -0.2) is 10.1 Å². The molecule has 1 heterocycles. The predicted molar refractivity (Wildman–Crippen MR) is 75.1 cm³/mol. The molecule has 1 unspecified atom stereocenters. The van der Waals surface area contributed by atoms with Gasteiger partial charge in [0.2, 0.25) is 0 Å². The van der Waals surface area contributed by atoms with Crippen LogP contribution in [0.15, 0.2) is 39.5 Å². The maximum Gasteiger partial charge on any atom is 0.149 e. The van der Waals surface area contributed by atoms with E-state index in [1.165, 1.54) is 12.3 Å². The largest absolute Gasteiger partial charge is 0.383 e. The Bertz CT molecular complexity index is 594. The van der Waals surface area contributed by atoms with E-state index in [4.69, 9.17) is 11.6 Å². The highest BCUT2D eigenvalue weighted by atomic mass is 79.9. The number of hydrogen-bond acceptors (Lipinski definition) is 2. The van der Waals surface area contributed by atoms with E-state index in [9.17, 15) is 9.50 Å². The number of pyridine rings is 1. The molecular formula is C12H7Br2ClFNO. The van der Waals surface area contributed by atoms with Crippen molar-refractivity contribution in [2.45, 2.75) is 6.10 Å². The average molecular weight is 395 g/mol. The molecule has 94 valence electrons. The van der Waals surface area contributed by atoms with Crippen LogP contribution in [0.25, 0.3) is 0 Å². The maximum atomic E-state index is 13.9. The summed E-state index contributed by atoms with van der Waals surface area (Å²) in [6.07, 6.45) is 1.95. The first kappa shape index (κ1) is 13.9. The van der Waals surface area contributed by atoms with Crippen molar-refractivity contribution in [1.82, 2.24) is 4.98 Å². The summed E-state index contributed by atoms with van der Waals surface area (Å²) in [5.41, 5.74) is 0.602. The van der Waals surface area contributed by atoms with Crippen molar-refractivity contribution in [1.29, 1.82) is 0 Å². The Morgan fingerprint density at radius 2 is 2.00 bits per heavy atom. The molecule has 0 aliphatic heterocycles. The summed E-state index contributed by atoms with van der Waals surface area (Å²) in [5, 5.41) is 10.1. The van der Waals surface area contributed by atoms with Crippen molar-refractivity contribution in [2.24, 2.45) is 0 Å². The number of rotatable bonds is 2. The first-order valence-electron chi connectivity index (χ1n) is 4.92. The van der Waals surface area contributed by atoms with Crippen molar-refractivity contribution in [3.8, 4) is 0 Å². The van der Waals surface area contributed by atoms with Crippen LogP contribution in [0.4, 0.5) is 4.39 Å². The summed E-state index contributed by atoms with van der Waals surface area (Å²) in [5.74, 6) is -0.640. The monoisotopic (exact) mass is 393 g/mol. The Balaban J connectivity index is 2.46. The zero-order valence-electron chi connectivity index (χ0n) is 8.87. The third kappa shape index (κ3) is 2.74. The normalized spacial score (nSPS) is 12.5. The van der Waals surface area contributed by atoms with Crippen molar-refractivity contribution >= 4 is 43.5 Å². The minimum absolute atomic E-state index is 0.0468. The van der Waals surface area contributed by atoms with Gasteiger partial charge in [0.15, 0.2) is 0 Å². The fourth-order valence-corrected chi connectivity index (χ4v) is 2.37. The predicted octanol–water partition coefficient (Wildman–Crippen LogP) is 4.48. The molecule has 2 rings (SSSR count). The zero-order valence-corrected chi connectivity index (χ0v) is 12.8. The van der Waals surface area contributed by atoms with E-state index >= 15 is 0 Å². The van der Waals surface area contributed by atoms with Gasteiger partial charge in [-0.15, -0.1) is 0 Å². The van der Waals surface area contributed by atoms with Crippen LogP contribution in [-0.2, 0) is 0 Å². The van der Waals surface area contributed by atoms with Gasteiger partial charge in [-0.2, -0.15) is 0 Å². The topological polar surface area (TPSA) is 33.1 Å². The zero-order chi connectivity index (χ0) is 13.3. The molecule has 0 saturated carbocycles. The maximum absolute atomic E-state index is 13.9. The minimum atomic E-state index is -1.11. The number of halogens is 4. The molecule has 0 saturated heterocycles. The van der Waals surface area contributed by atoms with Crippen LogP contribution < -0.4 is 0 Å². The van der Waals surface area contributed by atoms with Gasteiger partial charge in [0.1, 0.15) is 11.9 Å². The number of nitrogens with zero attached hydrogens (tertiary/aromatic N) is 1. The third-order valence-corrected chi connectivity index (χ3v) is 4.09. The third-order valence-electron chi connectivity index (χ3n) is 2.40. The molecule has 6 heteroatoms. The van der Waals surface area contributed by atoms with Crippen molar-refractivity contribution in [3.05, 3.63) is 61.5 Å². The lowest BCUT2D eigenvalue weighted by Crippen LogP contribution is -2.03. The molecule has 0 fully saturated rings. The summed E-state index contributed by atoms with van der Waals surface area (Å²) in [7, 11) is 0. The molecule has 0 aliphatic rings. The number of hydrogen-bond donors (Lipinski definition) is 1. The first-order chi connectivity index (χ1) is 8.50. The number of aromatic nitrogens is 1. The molecule has 0 aliphatic carbocycles. The van der Waals surface area contributed by atoms with Gasteiger partial charge in [0, 0.05) is 32.5 Å². The summed E-state index contributed by atoms with van der Waals surface area (Å²) in [6.45, 7) is 0. The summed E-state index contributed by atoms with van der Waals surface area (Å²) < 4.78 is 15.1. The van der Waals surface area contributed by atoms with E-state index in [2.05, 4.69) is 36.8 Å². The molecule has 1 aromatic heterocycles. The second-order valence-corrected chi connectivity index (χ2v) is 5.75. The Morgan fingerprint density at radius 3 is 2.67 bits per heavy atom. The molecule has 1 atom stereocenters. The minimum Gasteiger partial charge on any atom is -0.383 e. The lowest BCUT2D eigenvalue weighted by Gasteiger charge is -2.13. The fourth-order valence-electron chi connectivity index (χ4n) is 1.51. The summed E-state index contributed by atoms with van der Waals surface area (Å²) in [4.78, 5) is 3.93. The Morgan fingerprint density at radius 1 is 1.28 bits per heavy atom. The fraction of sp³-hybridized carbons (Fsp3) is 0.0833. The molecule has 2 nitrogen and oxygen atoms in total. The lowest BCUT2D eigenvalue weighted by molar-refractivity contribution is 0.214. The van der Waals surface area contributed by atoms with E-state index in [1.807, 2.05) is 0 Å². The second kappa shape index (κ2) is 5.65. The van der Waals surface area contributed by atoms with E-state index in [-0.39, 0.29) is 10.6 Å².